The summed E-state index contributed by atoms with van der Waals surface area (Å²) in [6.45, 7) is 0.314. The Hall–Kier alpha value is -3.74. The van der Waals surface area contributed by atoms with Crippen LogP contribution in [0.25, 0.3) is 10.8 Å². The molecule has 1 aliphatic heterocycles. The van der Waals surface area contributed by atoms with Crippen molar-refractivity contribution in [3.05, 3.63) is 77.9 Å². The molecule has 174 valence electrons. The van der Waals surface area contributed by atoms with Crippen molar-refractivity contribution in [3.63, 3.8) is 0 Å². The molecule has 0 atom stereocenters. The number of nitriles is 1. The third kappa shape index (κ3) is 4.93. The number of rotatable bonds is 5. The van der Waals surface area contributed by atoms with Crippen LogP contribution in [0.5, 0.6) is 0 Å². The summed E-state index contributed by atoms with van der Waals surface area (Å²) in [6, 6.07) is 21.5. The Labute approximate surface area is 198 Å². The van der Waals surface area contributed by atoms with Crippen LogP contribution in [0.3, 0.4) is 0 Å². The van der Waals surface area contributed by atoms with E-state index in [-0.39, 0.29) is 41.8 Å². The Kier molecular flexibility index (Phi) is 6.91. The molecule has 1 aliphatic rings. The van der Waals surface area contributed by atoms with Gasteiger partial charge in [-0.15, -0.1) is 0 Å². The monoisotopic (exact) mass is 476 g/mol. The minimum Gasteiger partial charge on any atom is -0.273 e. The first-order valence-electron chi connectivity index (χ1n) is 10.9. The lowest BCUT2D eigenvalue weighted by atomic mass is 9.97. The van der Waals surface area contributed by atoms with E-state index < -0.39 is 15.9 Å². The molecule has 2 N–H and O–H groups in total. The van der Waals surface area contributed by atoms with Gasteiger partial charge in [0.05, 0.1) is 16.9 Å². The number of nitrogens with zero attached hydrogens (tertiary/aromatic N) is 2. The topological polar surface area (TPSA) is 119 Å². The Morgan fingerprint density at radius 2 is 1.62 bits per heavy atom. The molecule has 2 amide bonds. The molecule has 0 bridgehead atoms. The lowest BCUT2D eigenvalue weighted by Crippen LogP contribution is -2.48. The summed E-state index contributed by atoms with van der Waals surface area (Å²) in [5.74, 6) is -1.10. The van der Waals surface area contributed by atoms with Crippen LogP contribution in [0.2, 0.25) is 0 Å². The van der Waals surface area contributed by atoms with E-state index in [4.69, 9.17) is 0 Å². The number of piperidine rings is 1. The SMILES string of the molecule is N#Cc1ccccc1S(=O)(=O)N1CCC(C(=O)NNC(=O)Cc2cccc3ccccc23)CC1. The number of sulfonamides is 1. The van der Waals surface area contributed by atoms with Gasteiger partial charge in [0.1, 0.15) is 6.07 Å². The van der Waals surface area contributed by atoms with Gasteiger partial charge < -0.3 is 0 Å². The van der Waals surface area contributed by atoms with Gasteiger partial charge in [0.25, 0.3) is 0 Å². The maximum absolute atomic E-state index is 12.9. The summed E-state index contributed by atoms with van der Waals surface area (Å²) in [4.78, 5) is 24.9. The van der Waals surface area contributed by atoms with E-state index in [0.29, 0.717) is 12.8 Å². The normalized spacial score (nSPS) is 14.9. The molecule has 3 aromatic rings. The van der Waals surface area contributed by atoms with Crippen molar-refractivity contribution in [1.82, 2.24) is 15.2 Å². The van der Waals surface area contributed by atoms with E-state index >= 15 is 0 Å². The van der Waals surface area contributed by atoms with Gasteiger partial charge in [-0.25, -0.2) is 8.42 Å². The lowest BCUT2D eigenvalue weighted by Gasteiger charge is -2.30. The van der Waals surface area contributed by atoms with E-state index in [1.54, 1.807) is 12.1 Å². The molecule has 8 nitrogen and oxygen atoms in total. The van der Waals surface area contributed by atoms with Crippen molar-refractivity contribution in [1.29, 1.82) is 5.26 Å². The number of fused-ring (bicyclic) bond motifs is 1. The molecule has 1 fully saturated rings. The fraction of sp³-hybridized carbons (Fsp3) is 0.240. The number of carbonyl (C=O) groups excluding carboxylic acids is 2. The minimum absolute atomic E-state index is 0.0268. The second-order valence-corrected chi connectivity index (χ2v) is 10.0. The van der Waals surface area contributed by atoms with Crippen LogP contribution in [0.1, 0.15) is 24.0 Å². The zero-order valence-corrected chi connectivity index (χ0v) is 19.2. The minimum atomic E-state index is -3.82. The van der Waals surface area contributed by atoms with Gasteiger partial charge in [0.2, 0.25) is 21.8 Å². The van der Waals surface area contributed by atoms with Gasteiger partial charge in [0.15, 0.2) is 0 Å². The van der Waals surface area contributed by atoms with Gasteiger partial charge in [-0.1, -0.05) is 54.6 Å². The number of benzene rings is 3. The molecule has 0 aliphatic carbocycles. The molecule has 34 heavy (non-hydrogen) atoms. The van der Waals surface area contributed by atoms with Crippen LogP contribution < -0.4 is 10.9 Å². The highest BCUT2D eigenvalue weighted by molar-refractivity contribution is 7.89. The van der Waals surface area contributed by atoms with E-state index in [1.165, 1.54) is 16.4 Å². The van der Waals surface area contributed by atoms with Crippen molar-refractivity contribution < 1.29 is 18.0 Å². The third-order valence-corrected chi connectivity index (χ3v) is 7.96. The first-order valence-corrected chi connectivity index (χ1v) is 12.4. The van der Waals surface area contributed by atoms with E-state index in [9.17, 15) is 23.3 Å². The van der Waals surface area contributed by atoms with Gasteiger partial charge in [-0.3, -0.25) is 20.4 Å². The molecule has 0 spiro atoms. The van der Waals surface area contributed by atoms with Crippen molar-refractivity contribution >= 4 is 32.6 Å². The molecule has 0 unspecified atom stereocenters. The van der Waals surface area contributed by atoms with Gasteiger partial charge in [0, 0.05) is 19.0 Å². The van der Waals surface area contributed by atoms with Crippen LogP contribution in [-0.4, -0.2) is 37.6 Å². The number of hydrogen-bond acceptors (Lipinski definition) is 5. The fourth-order valence-corrected chi connectivity index (χ4v) is 5.79. The van der Waals surface area contributed by atoms with Crippen molar-refractivity contribution in [2.24, 2.45) is 5.92 Å². The Morgan fingerprint density at radius 1 is 0.941 bits per heavy atom. The second-order valence-electron chi connectivity index (χ2n) is 8.14. The van der Waals surface area contributed by atoms with E-state index in [0.717, 1.165) is 16.3 Å². The van der Waals surface area contributed by atoms with Gasteiger partial charge in [-0.2, -0.15) is 9.57 Å². The van der Waals surface area contributed by atoms with Crippen LogP contribution in [0, 0.1) is 17.2 Å². The molecule has 0 aromatic heterocycles. The second kappa shape index (κ2) is 10.0. The summed E-state index contributed by atoms with van der Waals surface area (Å²) in [7, 11) is -3.82. The zero-order valence-electron chi connectivity index (χ0n) is 18.4. The van der Waals surface area contributed by atoms with Crippen LogP contribution >= 0.6 is 0 Å². The molecular formula is C25H24N4O4S. The number of nitrogens with one attached hydrogen (secondary N) is 2. The van der Waals surface area contributed by atoms with Crippen molar-refractivity contribution in [2.45, 2.75) is 24.2 Å². The van der Waals surface area contributed by atoms with Crippen LogP contribution in [0.15, 0.2) is 71.6 Å². The first-order chi connectivity index (χ1) is 16.4. The highest BCUT2D eigenvalue weighted by atomic mass is 32.2. The fourth-order valence-electron chi connectivity index (χ4n) is 4.18. The molecule has 1 heterocycles. The largest absolute Gasteiger partial charge is 0.273 e. The number of hydrazine groups is 1. The first kappa shape index (κ1) is 23.4. The van der Waals surface area contributed by atoms with Crippen LogP contribution in [0.4, 0.5) is 0 Å². The van der Waals surface area contributed by atoms with E-state index in [1.807, 2.05) is 48.5 Å². The maximum atomic E-state index is 12.9. The standard InChI is InChI=1S/C25H24N4O4S/c26-17-21-7-2-4-11-23(21)34(32,33)29-14-12-19(13-15-29)25(31)28-27-24(30)16-20-9-5-8-18-6-1-3-10-22(18)20/h1-11,19H,12-16H2,(H,27,30)(H,28,31). The third-order valence-electron chi connectivity index (χ3n) is 6.01. The summed E-state index contributed by atoms with van der Waals surface area (Å²) < 4.78 is 27.2. The summed E-state index contributed by atoms with van der Waals surface area (Å²) in [5, 5.41) is 11.2. The molecule has 4 rings (SSSR count). The molecule has 9 heteroatoms. The molecular weight excluding hydrogens is 452 g/mol. The predicted octanol–water partition coefficient (Wildman–Crippen LogP) is 2.50. The number of hydrogen-bond donors (Lipinski definition) is 2. The quantitative estimate of drug-likeness (QED) is 0.549. The van der Waals surface area contributed by atoms with Crippen molar-refractivity contribution in [3.8, 4) is 6.07 Å². The van der Waals surface area contributed by atoms with E-state index in [2.05, 4.69) is 10.9 Å². The molecule has 0 saturated carbocycles. The maximum Gasteiger partial charge on any atom is 0.244 e. The highest BCUT2D eigenvalue weighted by Crippen LogP contribution is 2.25. The molecule has 3 aromatic carbocycles. The van der Waals surface area contributed by atoms with Gasteiger partial charge >= 0.3 is 0 Å². The Bertz CT molecular complexity index is 1370. The summed E-state index contributed by atoms with van der Waals surface area (Å²) in [6.07, 6.45) is 0.759. The Balaban J connectivity index is 1.31. The zero-order chi connectivity index (χ0) is 24.1. The number of amides is 2. The highest BCUT2D eigenvalue weighted by Gasteiger charge is 2.33. The van der Waals surface area contributed by atoms with Crippen molar-refractivity contribution in [2.75, 3.05) is 13.1 Å². The molecule has 0 radical (unpaired) electrons. The molecule has 1 saturated heterocycles. The average Bonchev–Trinajstić information content (AvgIpc) is 2.87. The average molecular weight is 477 g/mol. The summed E-state index contributed by atoms with van der Waals surface area (Å²) in [5.41, 5.74) is 5.90. The van der Waals surface area contributed by atoms with Gasteiger partial charge in [-0.05, 0) is 41.3 Å². The van der Waals surface area contributed by atoms with Crippen LogP contribution in [-0.2, 0) is 26.0 Å². The summed E-state index contributed by atoms with van der Waals surface area (Å²) >= 11 is 0. The predicted molar refractivity (Wildman–Crippen MR) is 127 cm³/mol. The smallest absolute Gasteiger partial charge is 0.244 e. The Morgan fingerprint density at radius 3 is 2.38 bits per heavy atom. The lowest BCUT2D eigenvalue weighted by molar-refractivity contribution is -0.131. The number of carbonyl (C=O) groups is 2.